The molecule has 2 heterocycles. The molecule has 0 N–H and O–H groups in total. The Kier molecular flexibility index (Phi) is 4.89. The van der Waals surface area contributed by atoms with Crippen LogP contribution in [0.3, 0.4) is 0 Å². The summed E-state index contributed by atoms with van der Waals surface area (Å²) in [6, 6.07) is 0. The number of aromatic nitrogens is 2. The highest BCUT2D eigenvalue weighted by atomic mass is 79.9. The zero-order valence-corrected chi connectivity index (χ0v) is 14.2. The summed E-state index contributed by atoms with van der Waals surface area (Å²) in [7, 11) is 0. The fourth-order valence-electron chi connectivity index (χ4n) is 2.79. The molecule has 0 aromatic carbocycles. The highest BCUT2D eigenvalue weighted by molar-refractivity contribution is 9.09. The summed E-state index contributed by atoms with van der Waals surface area (Å²) < 4.78 is 1.78. The van der Waals surface area contributed by atoms with Crippen molar-refractivity contribution in [3.63, 3.8) is 0 Å². The first kappa shape index (κ1) is 15.5. The van der Waals surface area contributed by atoms with Gasteiger partial charge in [0.15, 0.2) is 5.82 Å². The molecule has 112 valence electrons. The van der Waals surface area contributed by atoms with Crippen LogP contribution in [-0.4, -0.2) is 28.0 Å². The van der Waals surface area contributed by atoms with Crippen LogP contribution in [0.15, 0.2) is 17.2 Å². The van der Waals surface area contributed by atoms with Gasteiger partial charge < -0.3 is 9.47 Å². The molecule has 0 bridgehead atoms. The molecule has 0 radical (unpaired) electrons. The fourth-order valence-corrected chi connectivity index (χ4v) is 3.44. The van der Waals surface area contributed by atoms with Crippen LogP contribution in [0.4, 0.5) is 5.82 Å². The molecule has 1 aromatic heterocycles. The van der Waals surface area contributed by atoms with Crippen molar-refractivity contribution in [1.29, 1.82) is 0 Å². The van der Waals surface area contributed by atoms with Gasteiger partial charge in [-0.15, -0.1) is 0 Å². The van der Waals surface area contributed by atoms with Crippen LogP contribution in [-0.2, 0) is 5.54 Å². The topological polar surface area (TPSA) is 38.1 Å². The van der Waals surface area contributed by atoms with Crippen LogP contribution >= 0.6 is 15.9 Å². The summed E-state index contributed by atoms with van der Waals surface area (Å²) in [5.74, 6) is 1.27. The Hall–Kier alpha value is -0.840. The summed E-state index contributed by atoms with van der Waals surface area (Å²) in [6.07, 6.45) is 7.09. The first-order valence-corrected chi connectivity index (χ1v) is 8.44. The second-order valence-corrected chi connectivity index (χ2v) is 7.32. The molecule has 1 fully saturated rings. The van der Waals surface area contributed by atoms with Crippen LogP contribution in [0.1, 0.15) is 40.0 Å². The molecule has 5 heteroatoms. The van der Waals surface area contributed by atoms with Gasteiger partial charge in [-0.05, 0) is 46.0 Å². The molecule has 0 saturated carbocycles. The number of rotatable bonds is 3. The van der Waals surface area contributed by atoms with E-state index in [1.807, 2.05) is 20.8 Å². The lowest BCUT2D eigenvalue weighted by Crippen LogP contribution is -2.43. The Morgan fingerprint density at radius 2 is 2.20 bits per heavy atom. The van der Waals surface area contributed by atoms with Crippen LogP contribution < -0.4 is 10.5 Å². The summed E-state index contributed by atoms with van der Waals surface area (Å²) in [6.45, 7) is 8.02. The van der Waals surface area contributed by atoms with E-state index < -0.39 is 0 Å². The normalized spacial score (nSPS) is 20.2. The van der Waals surface area contributed by atoms with E-state index in [4.69, 9.17) is 0 Å². The lowest BCUT2D eigenvalue weighted by atomic mass is 9.96. The van der Waals surface area contributed by atoms with Gasteiger partial charge in [0.1, 0.15) is 0 Å². The number of piperidine rings is 1. The molecule has 0 spiro atoms. The van der Waals surface area contributed by atoms with Gasteiger partial charge in [0.2, 0.25) is 0 Å². The van der Waals surface area contributed by atoms with E-state index >= 15 is 0 Å². The molecule has 1 saturated heterocycles. The average Bonchev–Trinajstić information content (AvgIpc) is 2.38. The van der Waals surface area contributed by atoms with Gasteiger partial charge in [0.25, 0.3) is 5.56 Å². The van der Waals surface area contributed by atoms with E-state index in [0.29, 0.717) is 11.7 Å². The Balaban J connectivity index is 2.27. The minimum absolute atomic E-state index is 0.0273. The minimum atomic E-state index is -0.209. The van der Waals surface area contributed by atoms with Crippen molar-refractivity contribution in [2.24, 2.45) is 5.92 Å². The average molecular weight is 342 g/mol. The van der Waals surface area contributed by atoms with Crippen molar-refractivity contribution in [1.82, 2.24) is 9.55 Å². The summed E-state index contributed by atoms with van der Waals surface area (Å²) in [5, 5.41) is 1.03. The molecule has 20 heavy (non-hydrogen) atoms. The fraction of sp³-hybridized carbons (Fsp3) is 0.733. The molecule has 1 aromatic rings. The number of anilines is 1. The lowest BCUT2D eigenvalue weighted by molar-refractivity contribution is 0.376. The second-order valence-electron chi connectivity index (χ2n) is 6.53. The largest absolute Gasteiger partial charge is 0.352 e. The molecule has 0 amide bonds. The zero-order valence-electron chi connectivity index (χ0n) is 12.6. The summed E-state index contributed by atoms with van der Waals surface area (Å²) in [5.41, 5.74) is -0.181. The predicted molar refractivity (Wildman–Crippen MR) is 86.8 cm³/mol. The smallest absolute Gasteiger partial charge is 0.293 e. The predicted octanol–water partition coefficient (Wildman–Crippen LogP) is 3.00. The van der Waals surface area contributed by atoms with Gasteiger partial charge in [0.05, 0.1) is 0 Å². The van der Waals surface area contributed by atoms with E-state index in [0.717, 1.165) is 31.3 Å². The minimum Gasteiger partial charge on any atom is -0.352 e. The first-order chi connectivity index (χ1) is 9.43. The summed E-state index contributed by atoms with van der Waals surface area (Å²) in [4.78, 5) is 19.1. The van der Waals surface area contributed by atoms with Gasteiger partial charge in [0, 0.05) is 36.4 Å². The van der Waals surface area contributed by atoms with Crippen molar-refractivity contribution in [2.75, 3.05) is 23.3 Å². The molecule has 1 atom stereocenters. The van der Waals surface area contributed by atoms with Crippen LogP contribution in [0.2, 0.25) is 0 Å². The third-order valence-electron chi connectivity index (χ3n) is 3.88. The van der Waals surface area contributed by atoms with Gasteiger partial charge in [-0.2, -0.15) is 0 Å². The number of hydrogen-bond donors (Lipinski definition) is 0. The Morgan fingerprint density at radius 3 is 2.85 bits per heavy atom. The number of halogens is 1. The van der Waals surface area contributed by atoms with Crippen LogP contribution in [0.25, 0.3) is 0 Å². The Labute approximate surface area is 129 Å². The van der Waals surface area contributed by atoms with Crippen molar-refractivity contribution < 1.29 is 0 Å². The monoisotopic (exact) mass is 341 g/mol. The third kappa shape index (κ3) is 3.43. The third-order valence-corrected chi connectivity index (χ3v) is 4.34. The molecule has 1 unspecified atom stereocenters. The second kappa shape index (κ2) is 6.29. The quantitative estimate of drug-likeness (QED) is 0.793. The molecule has 0 aliphatic carbocycles. The SMILES string of the molecule is CC(C)(C)n1ccnc(N2CCCC(CCBr)C2)c1=O. The van der Waals surface area contributed by atoms with Gasteiger partial charge in [-0.1, -0.05) is 15.9 Å². The highest BCUT2D eigenvalue weighted by Gasteiger charge is 2.24. The molecule has 4 nitrogen and oxygen atoms in total. The number of alkyl halides is 1. The number of hydrogen-bond acceptors (Lipinski definition) is 3. The van der Waals surface area contributed by atoms with E-state index in [1.54, 1.807) is 17.0 Å². The van der Waals surface area contributed by atoms with Crippen molar-refractivity contribution in [3.05, 3.63) is 22.7 Å². The maximum atomic E-state index is 12.6. The maximum absolute atomic E-state index is 12.6. The molecular formula is C15H24BrN3O. The number of nitrogens with zero attached hydrogens (tertiary/aromatic N) is 3. The lowest BCUT2D eigenvalue weighted by Gasteiger charge is -2.33. The molecular weight excluding hydrogens is 318 g/mol. The highest BCUT2D eigenvalue weighted by Crippen LogP contribution is 2.23. The van der Waals surface area contributed by atoms with E-state index in [2.05, 4.69) is 25.8 Å². The standard InChI is InChI=1S/C15H24BrN3O/c1-15(2,3)19-10-8-17-13(14(19)20)18-9-4-5-12(11-18)6-7-16/h8,10,12H,4-7,9,11H2,1-3H3. The van der Waals surface area contributed by atoms with Crippen LogP contribution in [0.5, 0.6) is 0 Å². The van der Waals surface area contributed by atoms with Gasteiger partial charge >= 0.3 is 0 Å². The van der Waals surface area contributed by atoms with Gasteiger partial charge in [-0.25, -0.2) is 4.98 Å². The van der Waals surface area contributed by atoms with Crippen molar-refractivity contribution in [2.45, 2.75) is 45.6 Å². The van der Waals surface area contributed by atoms with E-state index in [-0.39, 0.29) is 11.1 Å². The van der Waals surface area contributed by atoms with Crippen molar-refractivity contribution >= 4 is 21.7 Å². The Morgan fingerprint density at radius 1 is 1.45 bits per heavy atom. The first-order valence-electron chi connectivity index (χ1n) is 7.32. The Bertz CT molecular complexity index is 505. The van der Waals surface area contributed by atoms with Crippen molar-refractivity contribution in [3.8, 4) is 0 Å². The van der Waals surface area contributed by atoms with E-state index in [9.17, 15) is 4.79 Å². The maximum Gasteiger partial charge on any atom is 0.293 e. The summed E-state index contributed by atoms with van der Waals surface area (Å²) >= 11 is 3.51. The zero-order chi connectivity index (χ0) is 14.8. The molecule has 2 rings (SSSR count). The van der Waals surface area contributed by atoms with Crippen LogP contribution in [0, 0.1) is 5.92 Å². The van der Waals surface area contributed by atoms with E-state index in [1.165, 1.54) is 6.42 Å². The van der Waals surface area contributed by atoms with Gasteiger partial charge in [-0.3, -0.25) is 4.79 Å². The molecule has 1 aliphatic rings. The molecule has 1 aliphatic heterocycles.